The Morgan fingerprint density at radius 3 is 1.50 bits per heavy atom. The highest BCUT2D eigenvalue weighted by Gasteiger charge is 2.33. The molecule has 8 N–H and O–H groups in total. The molecule has 1 aliphatic rings. The molecular weight excluding hydrogens is 552 g/mol. The second-order valence-electron chi connectivity index (χ2n) is 9.12. The Hall–Kier alpha value is -6.17. The molecule has 42 heavy (non-hydrogen) atoms. The van der Waals surface area contributed by atoms with E-state index in [2.05, 4.69) is 0 Å². The van der Waals surface area contributed by atoms with Crippen molar-refractivity contribution in [1.29, 1.82) is 0 Å². The van der Waals surface area contributed by atoms with Gasteiger partial charge in [0.15, 0.2) is 5.57 Å². The van der Waals surface area contributed by atoms with Crippen LogP contribution in [-0.2, 0) is 11.2 Å². The molecule has 12 nitrogen and oxygen atoms in total. The number of carbonyl (C=O) groups excluding carboxylic acids is 1. The molecule has 0 fully saturated rings. The minimum atomic E-state index is -1.54. The first-order valence-electron chi connectivity index (χ1n) is 11.9. The van der Waals surface area contributed by atoms with Crippen LogP contribution < -0.4 is 0 Å². The summed E-state index contributed by atoms with van der Waals surface area (Å²) in [6.45, 7) is 0. The van der Waals surface area contributed by atoms with Crippen molar-refractivity contribution < 1.29 is 59.7 Å². The van der Waals surface area contributed by atoms with Crippen LogP contribution in [-0.4, -0.2) is 70.2 Å². The topological polar surface area (TPSA) is 231 Å². The fraction of sp³-hybridized carbons (Fsp3) is 0.0333. The minimum Gasteiger partial charge on any atom is -0.507 e. The van der Waals surface area contributed by atoms with E-state index in [1.807, 2.05) is 0 Å². The smallest absolute Gasteiger partial charge is 0.358 e. The standard InChI is InChI=1S/C30H20O12/c31-22-4-1-13(8-18(22)27(35)36)7-17-9-16(12-21(26(17)34)30(41)42)25(14-2-5-23(32)19(10-14)28(37)38)15-3-6-24(33)20(11-15)29(39)40/h1-6,8-12,31-33H,7H2,(H,35,36)(H,37,38)(H,39,40)(H,41,42)/p+1. The van der Waals surface area contributed by atoms with Crippen LogP contribution in [0.2, 0.25) is 0 Å². The monoisotopic (exact) mass is 573 g/mol. The Bertz CT molecular complexity index is 1740. The molecule has 4 rings (SSSR count). The van der Waals surface area contributed by atoms with Crippen molar-refractivity contribution >= 4 is 35.2 Å². The summed E-state index contributed by atoms with van der Waals surface area (Å²) in [5, 5.41) is 68.3. The molecule has 0 bridgehead atoms. The third-order valence-corrected chi connectivity index (χ3v) is 6.43. The van der Waals surface area contributed by atoms with Crippen molar-refractivity contribution in [3.8, 4) is 17.2 Å². The van der Waals surface area contributed by atoms with E-state index in [-0.39, 0.29) is 39.8 Å². The highest BCUT2D eigenvalue weighted by molar-refractivity contribution is 6.26. The molecule has 0 saturated carbocycles. The van der Waals surface area contributed by atoms with Crippen LogP contribution >= 0.6 is 0 Å². The van der Waals surface area contributed by atoms with Crippen LogP contribution in [0.4, 0.5) is 0 Å². The lowest BCUT2D eigenvalue weighted by Crippen LogP contribution is -2.20. The SMILES string of the molecule is O=C(O)C1=CC(=C(c2ccc(O)c(C(=O)O)c2)c2ccc(O)c(C(=O)O)c2)C=C(Cc2ccc(O)c(C(=O)O)c2)C1=[OH+]. The molecular formula is C30H21O12+. The van der Waals surface area contributed by atoms with Gasteiger partial charge in [-0.25, -0.2) is 19.2 Å². The maximum absolute atomic E-state index is 12.1. The zero-order chi connectivity index (χ0) is 30.9. The molecule has 0 unspecified atom stereocenters. The fourth-order valence-electron chi connectivity index (χ4n) is 4.45. The van der Waals surface area contributed by atoms with Gasteiger partial charge in [-0.3, -0.25) is 4.79 Å². The summed E-state index contributed by atoms with van der Waals surface area (Å²) in [5.41, 5.74) is -1.37. The summed E-state index contributed by atoms with van der Waals surface area (Å²) in [6.07, 6.45) is 2.22. The first kappa shape index (κ1) is 28.8. The van der Waals surface area contributed by atoms with Crippen molar-refractivity contribution in [2.75, 3.05) is 0 Å². The van der Waals surface area contributed by atoms with Crippen molar-refractivity contribution in [2.24, 2.45) is 0 Å². The fourth-order valence-corrected chi connectivity index (χ4v) is 4.45. The normalized spacial score (nSPS) is 12.8. The molecule has 0 radical (unpaired) electrons. The first-order chi connectivity index (χ1) is 19.8. The summed E-state index contributed by atoms with van der Waals surface area (Å²) >= 11 is 0. The molecule has 0 aliphatic heterocycles. The van der Waals surface area contributed by atoms with Gasteiger partial charge in [0, 0.05) is 6.42 Å². The zero-order valence-corrected chi connectivity index (χ0v) is 21.3. The average Bonchev–Trinajstić information content (AvgIpc) is 2.92. The Morgan fingerprint density at radius 1 is 0.595 bits per heavy atom. The molecule has 0 spiro atoms. The van der Waals surface area contributed by atoms with E-state index in [1.54, 1.807) is 0 Å². The van der Waals surface area contributed by atoms with Crippen LogP contribution in [0.25, 0.3) is 5.57 Å². The van der Waals surface area contributed by atoms with E-state index in [9.17, 15) is 59.7 Å². The van der Waals surface area contributed by atoms with Gasteiger partial charge in [-0.05, 0) is 76.4 Å². The predicted octanol–water partition coefficient (Wildman–Crippen LogP) is 3.44. The maximum Gasteiger partial charge on any atom is 0.358 e. The number of carboxylic acid groups (broad SMARTS) is 4. The van der Waals surface area contributed by atoms with Gasteiger partial charge in [0.25, 0.3) is 0 Å². The Labute approximate surface area is 235 Å². The number of aromatic carboxylic acids is 3. The lowest BCUT2D eigenvalue weighted by molar-refractivity contribution is -0.132. The van der Waals surface area contributed by atoms with Gasteiger partial charge in [0.05, 0.1) is 5.57 Å². The van der Waals surface area contributed by atoms with Gasteiger partial charge in [-0.2, -0.15) is 0 Å². The minimum absolute atomic E-state index is 0.00102. The number of aromatic hydroxyl groups is 3. The van der Waals surface area contributed by atoms with Gasteiger partial charge in [0.2, 0.25) is 0 Å². The van der Waals surface area contributed by atoms with Gasteiger partial charge in [-0.15, -0.1) is 0 Å². The highest BCUT2D eigenvalue weighted by Crippen LogP contribution is 2.36. The van der Waals surface area contributed by atoms with Crippen LogP contribution in [0.15, 0.2) is 83.5 Å². The van der Waals surface area contributed by atoms with E-state index in [0.29, 0.717) is 0 Å². The molecule has 0 amide bonds. The van der Waals surface area contributed by atoms with E-state index in [0.717, 1.165) is 42.5 Å². The molecule has 1 aliphatic carbocycles. The number of aliphatic carboxylic acids is 1. The quantitative estimate of drug-likeness (QED) is 0.152. The molecule has 3 aromatic rings. The number of ketones is 1. The number of carbonyl (C=O) groups is 4. The van der Waals surface area contributed by atoms with Gasteiger partial charge >= 0.3 is 29.7 Å². The molecule has 3 aromatic carbocycles. The number of phenols is 3. The van der Waals surface area contributed by atoms with Crippen LogP contribution in [0.5, 0.6) is 17.2 Å². The Balaban J connectivity index is 2.04. The molecule has 12 heteroatoms. The lowest BCUT2D eigenvalue weighted by Gasteiger charge is -2.18. The van der Waals surface area contributed by atoms with Crippen LogP contribution in [0.3, 0.4) is 0 Å². The third kappa shape index (κ3) is 5.58. The zero-order valence-electron chi connectivity index (χ0n) is 21.3. The van der Waals surface area contributed by atoms with Crippen molar-refractivity contribution in [2.45, 2.75) is 6.42 Å². The number of allylic oxidation sites excluding steroid dienone is 4. The van der Waals surface area contributed by atoms with E-state index in [1.165, 1.54) is 24.3 Å². The van der Waals surface area contributed by atoms with Crippen LogP contribution in [0, 0.1) is 0 Å². The highest BCUT2D eigenvalue weighted by atomic mass is 16.4. The molecule has 212 valence electrons. The average molecular weight is 573 g/mol. The van der Waals surface area contributed by atoms with Gasteiger partial charge in [-0.1, -0.05) is 18.2 Å². The van der Waals surface area contributed by atoms with Gasteiger partial charge < -0.3 is 35.7 Å². The molecule has 0 saturated heterocycles. The first-order valence-corrected chi connectivity index (χ1v) is 11.9. The summed E-state index contributed by atoms with van der Waals surface area (Å²) < 4.78 is 0. The summed E-state index contributed by atoms with van der Waals surface area (Å²) in [4.78, 5) is 58.0. The van der Waals surface area contributed by atoms with Crippen molar-refractivity contribution in [3.63, 3.8) is 0 Å². The second-order valence-corrected chi connectivity index (χ2v) is 9.12. The summed E-state index contributed by atoms with van der Waals surface area (Å²) in [6, 6.07) is 10.6. The third-order valence-electron chi connectivity index (χ3n) is 6.43. The molecule has 0 atom stereocenters. The predicted molar refractivity (Wildman–Crippen MR) is 146 cm³/mol. The number of hydrogen-bond acceptors (Lipinski definition) is 7. The second kappa shape index (κ2) is 11.1. The largest absolute Gasteiger partial charge is 0.507 e. The number of benzene rings is 3. The maximum atomic E-state index is 12.1. The number of hydrogen-bond donors (Lipinski definition) is 7. The molecule has 0 heterocycles. The van der Waals surface area contributed by atoms with Crippen molar-refractivity contribution in [1.82, 2.24) is 0 Å². The van der Waals surface area contributed by atoms with E-state index >= 15 is 0 Å². The Kier molecular flexibility index (Phi) is 7.64. The Morgan fingerprint density at radius 2 is 1.05 bits per heavy atom. The van der Waals surface area contributed by atoms with Crippen molar-refractivity contribution in [3.05, 3.63) is 117 Å². The van der Waals surface area contributed by atoms with E-state index in [4.69, 9.17) is 0 Å². The van der Waals surface area contributed by atoms with Crippen LogP contribution in [0.1, 0.15) is 47.8 Å². The lowest BCUT2D eigenvalue weighted by atomic mass is 9.83. The molecule has 0 aromatic heterocycles. The summed E-state index contributed by atoms with van der Waals surface area (Å²) in [5.74, 6) is -8.21. The number of carboxylic acids is 4. The van der Waals surface area contributed by atoms with E-state index < -0.39 is 69.2 Å². The number of rotatable bonds is 8. The van der Waals surface area contributed by atoms with Gasteiger partial charge in [0.1, 0.15) is 33.9 Å². The summed E-state index contributed by atoms with van der Waals surface area (Å²) in [7, 11) is 0.